The second-order valence-corrected chi connectivity index (χ2v) is 5.65. The zero-order valence-electron chi connectivity index (χ0n) is 12.4. The van der Waals surface area contributed by atoms with Gasteiger partial charge >= 0.3 is 0 Å². The van der Waals surface area contributed by atoms with E-state index in [9.17, 15) is 0 Å². The van der Waals surface area contributed by atoms with Crippen molar-refractivity contribution in [3.63, 3.8) is 0 Å². The molecule has 0 amide bonds. The van der Waals surface area contributed by atoms with E-state index in [4.69, 9.17) is 4.42 Å². The predicted molar refractivity (Wildman–Crippen MR) is 87.1 cm³/mol. The first-order valence-corrected chi connectivity index (χ1v) is 8.09. The summed E-state index contributed by atoms with van der Waals surface area (Å²) in [5.74, 6) is 0.960. The number of hydrogen-bond donors (Lipinski definition) is 1. The van der Waals surface area contributed by atoms with Crippen LogP contribution in [0.4, 0.5) is 0 Å². The van der Waals surface area contributed by atoms with E-state index < -0.39 is 0 Å². The van der Waals surface area contributed by atoms with E-state index in [-0.39, 0.29) is 6.04 Å². The van der Waals surface area contributed by atoms with Gasteiger partial charge in [-0.3, -0.25) is 0 Å². The molecule has 20 heavy (non-hydrogen) atoms. The molecule has 0 fully saturated rings. The van der Waals surface area contributed by atoms with Crippen molar-refractivity contribution in [3.8, 4) is 0 Å². The molecule has 0 aliphatic carbocycles. The first-order valence-electron chi connectivity index (χ1n) is 7.29. The highest BCUT2D eigenvalue weighted by molar-refractivity contribution is 9.10. The maximum absolute atomic E-state index is 5.78. The van der Waals surface area contributed by atoms with Crippen LogP contribution in [0.2, 0.25) is 0 Å². The van der Waals surface area contributed by atoms with Gasteiger partial charge in [-0.25, -0.2) is 0 Å². The molecule has 3 heteroatoms. The van der Waals surface area contributed by atoms with Crippen molar-refractivity contribution in [2.24, 2.45) is 0 Å². The van der Waals surface area contributed by atoms with Crippen LogP contribution in [0.5, 0.6) is 0 Å². The lowest BCUT2D eigenvalue weighted by Gasteiger charge is -2.20. The van der Waals surface area contributed by atoms with Gasteiger partial charge in [-0.2, -0.15) is 0 Å². The predicted octanol–water partition coefficient (Wildman–Crippen LogP) is 4.87. The van der Waals surface area contributed by atoms with Crippen LogP contribution in [-0.2, 0) is 12.8 Å². The number of halogens is 1. The highest BCUT2D eigenvalue weighted by Gasteiger charge is 2.19. The van der Waals surface area contributed by atoms with E-state index in [1.807, 2.05) is 12.1 Å². The van der Waals surface area contributed by atoms with Crippen molar-refractivity contribution in [3.05, 3.63) is 57.5 Å². The van der Waals surface area contributed by atoms with Gasteiger partial charge < -0.3 is 9.73 Å². The lowest BCUT2D eigenvalue weighted by molar-refractivity contribution is 0.436. The molecular formula is C17H22BrNO. The van der Waals surface area contributed by atoms with Crippen molar-refractivity contribution < 1.29 is 4.42 Å². The minimum absolute atomic E-state index is 0.118. The lowest BCUT2D eigenvalue weighted by Crippen LogP contribution is -2.23. The summed E-state index contributed by atoms with van der Waals surface area (Å²) in [5.41, 5.74) is 4.07. The third kappa shape index (κ3) is 3.33. The van der Waals surface area contributed by atoms with Crippen LogP contribution in [0.15, 0.2) is 39.4 Å². The summed E-state index contributed by atoms with van der Waals surface area (Å²) in [6, 6.07) is 10.9. The van der Waals surface area contributed by atoms with Gasteiger partial charge in [0.05, 0.1) is 6.04 Å². The van der Waals surface area contributed by atoms with Crippen LogP contribution in [0.1, 0.15) is 49.3 Å². The average molecular weight is 336 g/mol. The summed E-state index contributed by atoms with van der Waals surface area (Å²) < 4.78 is 6.56. The molecule has 0 bridgehead atoms. The first-order chi connectivity index (χ1) is 9.69. The Morgan fingerprint density at radius 3 is 2.45 bits per heavy atom. The maximum atomic E-state index is 5.78. The molecule has 0 radical (unpaired) electrons. The molecule has 1 heterocycles. The van der Waals surface area contributed by atoms with E-state index in [0.29, 0.717) is 0 Å². The number of rotatable bonds is 6. The normalized spacial score (nSPS) is 12.6. The lowest BCUT2D eigenvalue weighted by atomic mass is 9.94. The van der Waals surface area contributed by atoms with Gasteiger partial charge in [0.25, 0.3) is 0 Å². The quantitative estimate of drug-likeness (QED) is 0.814. The van der Waals surface area contributed by atoms with Gasteiger partial charge in [0.1, 0.15) is 5.76 Å². The van der Waals surface area contributed by atoms with Crippen LogP contribution >= 0.6 is 15.9 Å². The molecule has 0 saturated heterocycles. The van der Waals surface area contributed by atoms with E-state index >= 15 is 0 Å². The number of nitrogens with one attached hydrogen (secondary N) is 1. The van der Waals surface area contributed by atoms with Gasteiger partial charge in [-0.15, -0.1) is 0 Å². The highest BCUT2D eigenvalue weighted by atomic mass is 79.9. The molecule has 0 aliphatic rings. The number of furan rings is 1. The Bertz CT molecular complexity index is 562. The standard InChI is InChI=1S/C17H22BrNO/c1-4-12-7-8-13(5-2)14(11-12)17(19-6-3)15-9-10-16(18)20-15/h7-11,17,19H,4-6H2,1-3H3. The van der Waals surface area contributed by atoms with Crippen molar-refractivity contribution in [2.45, 2.75) is 39.7 Å². The molecule has 2 aromatic rings. The second-order valence-electron chi connectivity index (χ2n) is 4.87. The Labute approximate surface area is 129 Å². The molecule has 108 valence electrons. The molecule has 0 spiro atoms. The number of aryl methyl sites for hydroxylation is 2. The van der Waals surface area contributed by atoms with Crippen molar-refractivity contribution in [1.82, 2.24) is 5.32 Å². The van der Waals surface area contributed by atoms with Crippen LogP contribution in [0.3, 0.4) is 0 Å². The van der Waals surface area contributed by atoms with Gasteiger partial charge in [0, 0.05) is 0 Å². The monoisotopic (exact) mass is 335 g/mol. The van der Waals surface area contributed by atoms with Crippen LogP contribution < -0.4 is 5.32 Å². The number of benzene rings is 1. The highest BCUT2D eigenvalue weighted by Crippen LogP contribution is 2.29. The summed E-state index contributed by atoms with van der Waals surface area (Å²) in [6.07, 6.45) is 2.08. The van der Waals surface area contributed by atoms with Gasteiger partial charge in [-0.05, 0) is 64.1 Å². The molecule has 1 aromatic heterocycles. The Balaban J connectivity index is 2.47. The Kier molecular flexibility index (Phi) is 5.44. The van der Waals surface area contributed by atoms with Crippen molar-refractivity contribution >= 4 is 15.9 Å². The summed E-state index contributed by atoms with van der Waals surface area (Å²) in [4.78, 5) is 0. The van der Waals surface area contributed by atoms with Crippen LogP contribution in [0, 0.1) is 0 Å². The summed E-state index contributed by atoms with van der Waals surface area (Å²) >= 11 is 3.39. The largest absolute Gasteiger partial charge is 0.452 e. The third-order valence-electron chi connectivity index (χ3n) is 3.60. The van der Waals surface area contributed by atoms with E-state index in [1.165, 1.54) is 16.7 Å². The van der Waals surface area contributed by atoms with Crippen LogP contribution in [0.25, 0.3) is 0 Å². The fourth-order valence-electron chi connectivity index (χ4n) is 2.51. The SMILES string of the molecule is CCNC(c1ccc(Br)o1)c1cc(CC)ccc1CC. The molecule has 1 unspecified atom stereocenters. The smallest absolute Gasteiger partial charge is 0.169 e. The zero-order chi connectivity index (χ0) is 14.5. The van der Waals surface area contributed by atoms with Crippen LogP contribution in [-0.4, -0.2) is 6.54 Å². The fourth-order valence-corrected chi connectivity index (χ4v) is 2.83. The number of hydrogen-bond acceptors (Lipinski definition) is 2. The Hall–Kier alpha value is -1.06. The Morgan fingerprint density at radius 1 is 1.10 bits per heavy atom. The molecule has 1 N–H and O–H groups in total. The maximum Gasteiger partial charge on any atom is 0.169 e. The molecule has 2 rings (SSSR count). The minimum atomic E-state index is 0.118. The van der Waals surface area contributed by atoms with Gasteiger partial charge in [0.2, 0.25) is 0 Å². The molecule has 0 saturated carbocycles. The second kappa shape index (κ2) is 7.09. The third-order valence-corrected chi connectivity index (χ3v) is 4.02. The van der Waals surface area contributed by atoms with E-state index in [2.05, 4.69) is 60.2 Å². The summed E-state index contributed by atoms with van der Waals surface area (Å²) in [7, 11) is 0. The summed E-state index contributed by atoms with van der Waals surface area (Å²) in [5, 5.41) is 3.54. The van der Waals surface area contributed by atoms with Gasteiger partial charge in [-0.1, -0.05) is 39.0 Å². The average Bonchev–Trinajstić information content (AvgIpc) is 2.90. The van der Waals surface area contributed by atoms with Crippen molar-refractivity contribution in [2.75, 3.05) is 6.54 Å². The molecule has 1 aromatic carbocycles. The topological polar surface area (TPSA) is 25.2 Å². The molecular weight excluding hydrogens is 314 g/mol. The fraction of sp³-hybridized carbons (Fsp3) is 0.412. The van der Waals surface area contributed by atoms with E-state index in [0.717, 1.165) is 29.8 Å². The first kappa shape index (κ1) is 15.3. The summed E-state index contributed by atoms with van der Waals surface area (Å²) in [6.45, 7) is 7.42. The molecule has 0 aliphatic heterocycles. The zero-order valence-corrected chi connectivity index (χ0v) is 14.0. The van der Waals surface area contributed by atoms with E-state index in [1.54, 1.807) is 0 Å². The molecule has 1 atom stereocenters. The van der Waals surface area contributed by atoms with Gasteiger partial charge in [0.15, 0.2) is 4.67 Å². The molecule has 2 nitrogen and oxygen atoms in total. The Morgan fingerprint density at radius 2 is 1.90 bits per heavy atom. The van der Waals surface area contributed by atoms with Crippen molar-refractivity contribution in [1.29, 1.82) is 0 Å². The minimum Gasteiger partial charge on any atom is -0.452 e.